The van der Waals surface area contributed by atoms with E-state index in [1.807, 2.05) is 76.0 Å². The summed E-state index contributed by atoms with van der Waals surface area (Å²) in [6, 6.07) is 9.57. The van der Waals surface area contributed by atoms with E-state index in [1.165, 1.54) is 0 Å². The van der Waals surface area contributed by atoms with Gasteiger partial charge in [0.15, 0.2) is 0 Å². The van der Waals surface area contributed by atoms with Crippen LogP contribution in [0.15, 0.2) is 42.7 Å². The lowest BCUT2D eigenvalue weighted by Gasteiger charge is -2.27. The van der Waals surface area contributed by atoms with Gasteiger partial charge < -0.3 is 10.5 Å². The SMILES string of the molecule is CC(C)(C)c1ccc(N2C(=O)C(C)(C)c3cc(-c4cnn(C5CCCCO5)c4)ccc32)c(C(N)=O)c1Cl. The molecule has 5 rings (SSSR count). The Kier molecular flexibility index (Phi) is 6.20. The standard InChI is InChI=1S/C29H33ClN4O3/c1-28(2,3)19-10-12-22(24(25(19)30)26(31)35)34-21-11-9-17(14-20(21)29(4,5)27(34)36)18-15-32-33(16-18)23-8-6-7-13-37-23/h9-12,14-16,23H,6-8,13H2,1-5H3,(H2,31,35). The number of anilines is 2. The molecule has 0 aliphatic carbocycles. The van der Waals surface area contributed by atoms with Gasteiger partial charge in [-0.25, -0.2) is 4.68 Å². The summed E-state index contributed by atoms with van der Waals surface area (Å²) in [5.74, 6) is -0.813. The van der Waals surface area contributed by atoms with Crippen LogP contribution < -0.4 is 10.6 Å². The van der Waals surface area contributed by atoms with Gasteiger partial charge in [0.1, 0.15) is 6.23 Å². The zero-order valence-corrected chi connectivity index (χ0v) is 22.7. The third-order valence-corrected chi connectivity index (χ3v) is 7.84. The average molecular weight is 521 g/mol. The number of nitrogens with two attached hydrogens (primary N) is 1. The maximum absolute atomic E-state index is 13.8. The van der Waals surface area contributed by atoms with Gasteiger partial charge in [0.05, 0.1) is 33.6 Å². The van der Waals surface area contributed by atoms with Crippen LogP contribution in [-0.4, -0.2) is 28.2 Å². The van der Waals surface area contributed by atoms with Crippen molar-refractivity contribution in [2.75, 3.05) is 11.5 Å². The molecule has 8 heteroatoms. The van der Waals surface area contributed by atoms with Gasteiger partial charge in [0.25, 0.3) is 5.91 Å². The molecule has 0 radical (unpaired) electrons. The Labute approximate surface area is 222 Å². The Bertz CT molecular complexity index is 1400. The van der Waals surface area contributed by atoms with Crippen LogP contribution in [0.25, 0.3) is 11.1 Å². The first-order valence-electron chi connectivity index (χ1n) is 12.7. The molecule has 0 saturated carbocycles. The number of hydrogen-bond donors (Lipinski definition) is 1. The van der Waals surface area contributed by atoms with Crippen LogP contribution in [0.1, 0.15) is 81.6 Å². The van der Waals surface area contributed by atoms with Gasteiger partial charge in [-0.3, -0.25) is 14.5 Å². The number of carbonyl (C=O) groups excluding carboxylic acids is 2. The fourth-order valence-corrected chi connectivity index (χ4v) is 5.83. The van der Waals surface area contributed by atoms with E-state index in [2.05, 4.69) is 5.10 Å². The molecular weight excluding hydrogens is 488 g/mol. The molecule has 1 atom stereocenters. The summed E-state index contributed by atoms with van der Waals surface area (Å²) in [5.41, 5.74) is 9.53. The fraction of sp³-hybridized carbons (Fsp3) is 0.414. The Morgan fingerprint density at radius 2 is 1.86 bits per heavy atom. The molecule has 1 saturated heterocycles. The van der Waals surface area contributed by atoms with Crippen molar-refractivity contribution in [1.29, 1.82) is 0 Å². The van der Waals surface area contributed by atoms with Gasteiger partial charge in [0, 0.05) is 18.4 Å². The molecule has 2 aromatic carbocycles. The molecule has 2 N–H and O–H groups in total. The van der Waals surface area contributed by atoms with Gasteiger partial charge in [0.2, 0.25) is 5.91 Å². The average Bonchev–Trinajstić information content (AvgIpc) is 3.40. The molecule has 37 heavy (non-hydrogen) atoms. The second-order valence-electron chi connectivity index (χ2n) is 11.5. The third kappa shape index (κ3) is 4.24. The van der Waals surface area contributed by atoms with E-state index in [9.17, 15) is 9.59 Å². The van der Waals surface area contributed by atoms with Crippen molar-refractivity contribution in [3.8, 4) is 11.1 Å². The van der Waals surface area contributed by atoms with Gasteiger partial charge >= 0.3 is 0 Å². The van der Waals surface area contributed by atoms with E-state index < -0.39 is 11.3 Å². The number of primary amides is 1. The van der Waals surface area contributed by atoms with Crippen molar-refractivity contribution in [2.24, 2.45) is 5.73 Å². The van der Waals surface area contributed by atoms with E-state index in [1.54, 1.807) is 11.0 Å². The molecule has 2 amide bonds. The number of fused-ring (bicyclic) bond motifs is 1. The first-order chi connectivity index (χ1) is 17.4. The van der Waals surface area contributed by atoms with Crippen LogP contribution in [0.2, 0.25) is 5.02 Å². The summed E-state index contributed by atoms with van der Waals surface area (Å²) in [7, 11) is 0. The fourth-order valence-electron chi connectivity index (χ4n) is 5.30. The van der Waals surface area contributed by atoms with Crippen LogP contribution in [0.3, 0.4) is 0 Å². The summed E-state index contributed by atoms with van der Waals surface area (Å²) in [6.07, 6.45) is 6.93. The van der Waals surface area contributed by atoms with Crippen LogP contribution in [0.5, 0.6) is 0 Å². The van der Waals surface area contributed by atoms with E-state index in [0.717, 1.165) is 48.1 Å². The van der Waals surface area contributed by atoms with Crippen LogP contribution in [0, 0.1) is 0 Å². The van der Waals surface area contributed by atoms with E-state index in [-0.39, 0.29) is 28.1 Å². The summed E-state index contributed by atoms with van der Waals surface area (Å²) < 4.78 is 7.74. The van der Waals surface area contributed by atoms with Crippen LogP contribution in [-0.2, 0) is 20.4 Å². The minimum absolute atomic E-state index is 0.0431. The number of nitrogens with zero attached hydrogens (tertiary/aromatic N) is 3. The van der Waals surface area contributed by atoms with Crippen molar-refractivity contribution in [2.45, 2.75) is 70.9 Å². The molecule has 3 aromatic rings. The molecule has 2 aliphatic heterocycles. The highest BCUT2D eigenvalue weighted by molar-refractivity contribution is 6.36. The summed E-state index contributed by atoms with van der Waals surface area (Å²) >= 11 is 6.73. The van der Waals surface area contributed by atoms with Crippen LogP contribution in [0.4, 0.5) is 11.4 Å². The molecule has 2 aliphatic rings. The van der Waals surface area contributed by atoms with Crippen molar-refractivity contribution < 1.29 is 14.3 Å². The van der Waals surface area contributed by atoms with E-state index in [4.69, 9.17) is 22.1 Å². The minimum Gasteiger partial charge on any atom is -0.365 e. The lowest BCUT2D eigenvalue weighted by Crippen LogP contribution is -2.34. The number of aromatic nitrogens is 2. The van der Waals surface area contributed by atoms with Gasteiger partial charge in [-0.2, -0.15) is 5.10 Å². The summed E-state index contributed by atoms with van der Waals surface area (Å²) in [5, 5.41) is 4.82. The second-order valence-corrected chi connectivity index (χ2v) is 11.8. The van der Waals surface area contributed by atoms with Crippen molar-refractivity contribution in [3.05, 3.63) is 64.4 Å². The number of hydrogen-bond acceptors (Lipinski definition) is 4. The smallest absolute Gasteiger partial charge is 0.252 e. The first kappa shape index (κ1) is 25.5. The molecule has 0 bridgehead atoms. The lowest BCUT2D eigenvalue weighted by atomic mass is 9.84. The molecule has 1 fully saturated rings. The number of rotatable bonds is 4. The van der Waals surface area contributed by atoms with Gasteiger partial charge in [-0.1, -0.05) is 44.5 Å². The quantitative estimate of drug-likeness (QED) is 0.440. The number of ether oxygens (including phenoxy) is 1. The molecule has 1 aromatic heterocycles. The Morgan fingerprint density at radius 3 is 2.51 bits per heavy atom. The van der Waals surface area contributed by atoms with Crippen LogP contribution >= 0.6 is 11.6 Å². The Morgan fingerprint density at radius 1 is 1.14 bits per heavy atom. The minimum atomic E-state index is -0.822. The molecule has 7 nitrogen and oxygen atoms in total. The van der Waals surface area contributed by atoms with E-state index in [0.29, 0.717) is 11.4 Å². The third-order valence-electron chi connectivity index (χ3n) is 7.45. The zero-order chi connectivity index (χ0) is 26.7. The molecular formula is C29H33ClN4O3. The molecule has 194 valence electrons. The van der Waals surface area contributed by atoms with Crippen molar-refractivity contribution in [1.82, 2.24) is 9.78 Å². The Hall–Kier alpha value is -3.16. The normalized spacial score (nSPS) is 19.2. The van der Waals surface area contributed by atoms with Gasteiger partial charge in [-0.15, -0.1) is 0 Å². The van der Waals surface area contributed by atoms with Crippen molar-refractivity contribution in [3.63, 3.8) is 0 Å². The highest BCUT2D eigenvalue weighted by Gasteiger charge is 2.46. The molecule has 1 unspecified atom stereocenters. The number of amides is 2. The number of benzene rings is 2. The maximum Gasteiger partial charge on any atom is 0.252 e. The summed E-state index contributed by atoms with van der Waals surface area (Å²) in [6.45, 7) is 10.6. The maximum atomic E-state index is 13.8. The van der Waals surface area contributed by atoms with Crippen molar-refractivity contribution >= 4 is 34.8 Å². The predicted molar refractivity (Wildman–Crippen MR) is 145 cm³/mol. The van der Waals surface area contributed by atoms with E-state index >= 15 is 0 Å². The first-order valence-corrected chi connectivity index (χ1v) is 13.1. The monoisotopic (exact) mass is 520 g/mol. The zero-order valence-electron chi connectivity index (χ0n) is 22.0. The predicted octanol–water partition coefficient (Wildman–Crippen LogP) is 6.25. The topological polar surface area (TPSA) is 90.4 Å². The molecule has 3 heterocycles. The summed E-state index contributed by atoms with van der Waals surface area (Å²) in [4.78, 5) is 28.0. The van der Waals surface area contributed by atoms with Gasteiger partial charge in [-0.05, 0) is 73.4 Å². The second kappa shape index (κ2) is 8.99. The Balaban J connectivity index is 1.59. The highest BCUT2D eigenvalue weighted by Crippen LogP contribution is 2.49. The molecule has 0 spiro atoms. The number of halogens is 1. The largest absolute Gasteiger partial charge is 0.365 e. The number of carbonyl (C=O) groups is 2. The highest BCUT2D eigenvalue weighted by atomic mass is 35.5. The lowest BCUT2D eigenvalue weighted by molar-refractivity contribution is -0.121.